The van der Waals surface area contributed by atoms with Crippen molar-refractivity contribution in [3.63, 3.8) is 0 Å². The number of anilines is 1. The Bertz CT molecular complexity index is 819. The van der Waals surface area contributed by atoms with Crippen LogP contribution in [0.5, 0.6) is 0 Å². The van der Waals surface area contributed by atoms with Gasteiger partial charge in [0.15, 0.2) is 6.61 Å². The molecular weight excluding hydrogens is 370 g/mol. The molecule has 1 aromatic rings. The van der Waals surface area contributed by atoms with Crippen molar-refractivity contribution in [3.05, 3.63) is 29.8 Å². The minimum atomic E-state index is -1.02. The van der Waals surface area contributed by atoms with Gasteiger partial charge in [0.1, 0.15) is 5.54 Å². The Hall–Kier alpha value is -3.43. The number of carbonyl (C=O) groups excluding carboxylic acids is 5. The second kappa shape index (κ2) is 8.51. The zero-order valence-electron chi connectivity index (χ0n) is 15.7. The van der Waals surface area contributed by atoms with E-state index >= 15 is 0 Å². The van der Waals surface area contributed by atoms with E-state index in [1.807, 2.05) is 0 Å². The first kappa shape index (κ1) is 20.9. The van der Waals surface area contributed by atoms with E-state index in [0.29, 0.717) is 0 Å². The van der Waals surface area contributed by atoms with Gasteiger partial charge in [-0.25, -0.2) is 9.59 Å². The highest BCUT2D eigenvalue weighted by Gasteiger charge is 2.44. The minimum Gasteiger partial charge on any atom is -0.465 e. The maximum absolute atomic E-state index is 12.0. The van der Waals surface area contributed by atoms with Crippen LogP contribution in [0.4, 0.5) is 10.5 Å². The highest BCUT2D eigenvalue weighted by Crippen LogP contribution is 2.17. The van der Waals surface area contributed by atoms with E-state index in [0.717, 1.165) is 4.90 Å². The van der Waals surface area contributed by atoms with Crippen molar-refractivity contribution in [3.8, 4) is 0 Å². The van der Waals surface area contributed by atoms with Crippen molar-refractivity contribution in [1.29, 1.82) is 0 Å². The van der Waals surface area contributed by atoms with Gasteiger partial charge in [-0.2, -0.15) is 0 Å². The highest BCUT2D eigenvalue weighted by atomic mass is 16.5. The number of methoxy groups -OCH3 is 1. The van der Waals surface area contributed by atoms with Crippen molar-refractivity contribution in [2.75, 3.05) is 25.6 Å². The number of nitrogens with zero attached hydrogens (tertiary/aromatic N) is 1. The standard InChI is InChI=1S/C18H21N3O7/c1-18(2)16(25)21(17(26)20-18)9-8-14(23)28-10-13(22)19-12-7-5-4-6-11(12)15(24)27-3/h4-7H,8-10H2,1-3H3,(H,19,22)(H,20,26). The molecule has 150 valence electrons. The second-order valence-corrected chi connectivity index (χ2v) is 6.51. The summed E-state index contributed by atoms with van der Waals surface area (Å²) in [6.07, 6.45) is -0.249. The lowest BCUT2D eigenvalue weighted by atomic mass is 10.1. The summed E-state index contributed by atoms with van der Waals surface area (Å²) in [5, 5.41) is 4.95. The molecule has 0 radical (unpaired) electrons. The van der Waals surface area contributed by atoms with E-state index in [2.05, 4.69) is 15.4 Å². The van der Waals surface area contributed by atoms with Gasteiger partial charge in [0.05, 0.1) is 24.8 Å². The number of benzene rings is 1. The zero-order valence-corrected chi connectivity index (χ0v) is 15.7. The molecule has 0 saturated carbocycles. The molecule has 10 nitrogen and oxygen atoms in total. The predicted octanol–water partition coefficient (Wildman–Crippen LogP) is 0.675. The van der Waals surface area contributed by atoms with Crippen molar-refractivity contribution in [1.82, 2.24) is 10.2 Å². The number of carbonyl (C=O) groups is 5. The Labute approximate surface area is 161 Å². The Balaban J connectivity index is 1.82. The molecule has 0 aromatic heterocycles. The van der Waals surface area contributed by atoms with Crippen LogP contribution in [0.1, 0.15) is 30.6 Å². The van der Waals surface area contributed by atoms with E-state index in [1.165, 1.54) is 19.2 Å². The lowest BCUT2D eigenvalue weighted by Gasteiger charge is -2.15. The van der Waals surface area contributed by atoms with Crippen LogP contribution in [0.15, 0.2) is 24.3 Å². The summed E-state index contributed by atoms with van der Waals surface area (Å²) >= 11 is 0. The van der Waals surface area contributed by atoms with Gasteiger partial charge in [-0.3, -0.25) is 19.3 Å². The number of hydrogen-bond acceptors (Lipinski definition) is 7. The van der Waals surface area contributed by atoms with Gasteiger partial charge in [0, 0.05) is 6.54 Å². The lowest BCUT2D eigenvalue weighted by Crippen LogP contribution is -2.40. The molecule has 1 aliphatic rings. The maximum Gasteiger partial charge on any atom is 0.339 e. The van der Waals surface area contributed by atoms with E-state index in [-0.39, 0.29) is 24.2 Å². The van der Waals surface area contributed by atoms with Crippen LogP contribution in [0.2, 0.25) is 0 Å². The molecule has 1 heterocycles. The van der Waals surface area contributed by atoms with Crippen molar-refractivity contribution in [2.24, 2.45) is 0 Å². The van der Waals surface area contributed by atoms with Gasteiger partial charge in [0.2, 0.25) is 0 Å². The lowest BCUT2D eigenvalue weighted by molar-refractivity contribution is -0.147. The third-order valence-corrected chi connectivity index (χ3v) is 3.95. The van der Waals surface area contributed by atoms with Crippen LogP contribution >= 0.6 is 0 Å². The summed E-state index contributed by atoms with van der Waals surface area (Å²) in [7, 11) is 1.22. The normalized spacial score (nSPS) is 15.0. The molecule has 1 aromatic carbocycles. The monoisotopic (exact) mass is 391 g/mol. The molecular formula is C18H21N3O7. The van der Waals surface area contributed by atoms with Gasteiger partial charge in [-0.05, 0) is 26.0 Å². The molecule has 2 N–H and O–H groups in total. The molecule has 2 rings (SSSR count). The average Bonchev–Trinajstić information content (AvgIpc) is 2.85. The topological polar surface area (TPSA) is 131 Å². The number of amides is 4. The third-order valence-electron chi connectivity index (χ3n) is 3.95. The number of hydrogen-bond donors (Lipinski definition) is 2. The summed E-state index contributed by atoms with van der Waals surface area (Å²) in [6, 6.07) is 5.63. The fraction of sp³-hybridized carbons (Fsp3) is 0.389. The number of esters is 2. The first-order valence-electron chi connectivity index (χ1n) is 8.42. The summed E-state index contributed by atoms with van der Waals surface area (Å²) in [6.45, 7) is 2.38. The number of para-hydroxylation sites is 1. The molecule has 1 aliphatic heterocycles. The van der Waals surface area contributed by atoms with Crippen molar-refractivity contribution < 1.29 is 33.4 Å². The first-order valence-corrected chi connectivity index (χ1v) is 8.42. The first-order chi connectivity index (χ1) is 13.2. The molecule has 0 spiro atoms. The molecule has 0 bridgehead atoms. The van der Waals surface area contributed by atoms with Gasteiger partial charge in [-0.15, -0.1) is 0 Å². The third kappa shape index (κ3) is 4.84. The van der Waals surface area contributed by atoms with Gasteiger partial charge >= 0.3 is 18.0 Å². The number of imide groups is 1. The zero-order chi connectivity index (χ0) is 20.9. The van der Waals surface area contributed by atoms with E-state index in [4.69, 9.17) is 4.74 Å². The predicted molar refractivity (Wildman–Crippen MR) is 96.3 cm³/mol. The quantitative estimate of drug-likeness (QED) is 0.516. The van der Waals surface area contributed by atoms with Gasteiger partial charge < -0.3 is 20.1 Å². The Morgan fingerprint density at radius 2 is 1.86 bits per heavy atom. The number of nitrogens with one attached hydrogen (secondary N) is 2. The van der Waals surface area contributed by atoms with Crippen LogP contribution in [-0.2, 0) is 23.9 Å². The van der Waals surface area contributed by atoms with Gasteiger partial charge in [0.25, 0.3) is 11.8 Å². The van der Waals surface area contributed by atoms with Crippen LogP contribution in [0.25, 0.3) is 0 Å². The fourth-order valence-electron chi connectivity index (χ4n) is 2.51. The Morgan fingerprint density at radius 1 is 1.18 bits per heavy atom. The Kier molecular flexibility index (Phi) is 6.34. The van der Waals surface area contributed by atoms with Crippen LogP contribution < -0.4 is 10.6 Å². The summed E-state index contributed by atoms with van der Waals surface area (Å²) < 4.78 is 9.48. The van der Waals surface area contributed by atoms with Crippen LogP contribution in [0.3, 0.4) is 0 Å². The number of rotatable bonds is 7. The molecule has 0 atom stereocenters. The average molecular weight is 391 g/mol. The highest BCUT2D eigenvalue weighted by molar-refractivity contribution is 6.06. The summed E-state index contributed by atoms with van der Waals surface area (Å²) in [5.74, 6) is -2.46. The van der Waals surface area contributed by atoms with Crippen molar-refractivity contribution >= 4 is 35.5 Å². The molecule has 0 aliphatic carbocycles. The van der Waals surface area contributed by atoms with E-state index in [9.17, 15) is 24.0 Å². The fourth-order valence-corrected chi connectivity index (χ4v) is 2.51. The minimum absolute atomic E-state index is 0.153. The van der Waals surface area contributed by atoms with Crippen LogP contribution in [-0.4, -0.2) is 60.5 Å². The molecule has 0 unspecified atom stereocenters. The molecule has 10 heteroatoms. The molecule has 4 amide bonds. The van der Waals surface area contributed by atoms with Gasteiger partial charge in [-0.1, -0.05) is 12.1 Å². The largest absolute Gasteiger partial charge is 0.465 e. The number of urea groups is 1. The summed E-state index contributed by atoms with van der Waals surface area (Å²) in [5.41, 5.74) is -0.642. The smallest absolute Gasteiger partial charge is 0.339 e. The summed E-state index contributed by atoms with van der Waals surface area (Å²) in [4.78, 5) is 60.1. The van der Waals surface area contributed by atoms with Crippen molar-refractivity contribution in [2.45, 2.75) is 25.8 Å². The molecule has 1 saturated heterocycles. The second-order valence-electron chi connectivity index (χ2n) is 6.51. The molecule has 1 fully saturated rings. The SMILES string of the molecule is COC(=O)c1ccccc1NC(=O)COC(=O)CCN1C(=O)NC(C)(C)C1=O. The Morgan fingerprint density at radius 3 is 2.46 bits per heavy atom. The van der Waals surface area contributed by atoms with E-state index in [1.54, 1.807) is 26.0 Å². The maximum atomic E-state index is 12.0. The molecule has 28 heavy (non-hydrogen) atoms. The van der Waals surface area contributed by atoms with E-state index < -0.39 is 41.9 Å². The number of ether oxygens (including phenoxy) is 2. The van der Waals surface area contributed by atoms with Crippen LogP contribution in [0, 0.1) is 0 Å².